The highest BCUT2D eigenvalue weighted by Crippen LogP contribution is 2.38. The molecule has 2 aromatic carbocycles. The summed E-state index contributed by atoms with van der Waals surface area (Å²) >= 11 is 0. The second kappa shape index (κ2) is 8.34. The van der Waals surface area contributed by atoms with Crippen molar-refractivity contribution in [2.45, 2.75) is 38.1 Å². The lowest BCUT2D eigenvalue weighted by Crippen LogP contribution is -2.54. The van der Waals surface area contributed by atoms with E-state index in [1.54, 1.807) is 48.5 Å². The summed E-state index contributed by atoms with van der Waals surface area (Å²) in [6.45, 7) is 1.68. The minimum Gasteiger partial charge on any atom is -0.323 e. The van der Waals surface area contributed by atoms with E-state index in [0.29, 0.717) is 23.2 Å². The number of carbonyl (C=O) groups is 4. The first-order chi connectivity index (χ1) is 14.9. The van der Waals surface area contributed by atoms with Gasteiger partial charge in [-0.15, -0.1) is 0 Å². The molecule has 1 heterocycles. The van der Waals surface area contributed by atoms with E-state index in [9.17, 15) is 19.2 Å². The molecule has 0 aromatic heterocycles. The van der Waals surface area contributed by atoms with Crippen LogP contribution in [-0.4, -0.2) is 40.6 Å². The number of hydrogen-bond donors (Lipinski definition) is 2. The van der Waals surface area contributed by atoms with Gasteiger partial charge in [-0.05, 0) is 55.2 Å². The molecule has 1 aliphatic heterocycles. The maximum atomic E-state index is 13.0. The van der Waals surface area contributed by atoms with Crippen LogP contribution in [0.25, 0.3) is 0 Å². The third kappa shape index (κ3) is 3.95. The molecule has 2 aromatic rings. The Balaban J connectivity index is 1.41. The van der Waals surface area contributed by atoms with Gasteiger partial charge < -0.3 is 10.6 Å². The van der Waals surface area contributed by atoms with E-state index < -0.39 is 11.6 Å². The lowest BCUT2D eigenvalue weighted by atomic mass is 9.73. The molecule has 4 amide bonds. The molecule has 2 N–H and O–H groups in total. The van der Waals surface area contributed by atoms with Crippen LogP contribution in [0.4, 0.5) is 10.5 Å². The minimum absolute atomic E-state index is 0.0466. The summed E-state index contributed by atoms with van der Waals surface area (Å²) in [7, 11) is 0. The van der Waals surface area contributed by atoms with E-state index in [1.807, 2.05) is 13.0 Å². The van der Waals surface area contributed by atoms with Gasteiger partial charge in [0, 0.05) is 16.8 Å². The van der Waals surface area contributed by atoms with Crippen LogP contribution in [0.3, 0.4) is 0 Å². The molecule has 1 spiro atoms. The first-order valence-corrected chi connectivity index (χ1v) is 10.5. The maximum absolute atomic E-state index is 13.0. The number of imide groups is 1. The fourth-order valence-electron chi connectivity index (χ4n) is 4.41. The molecular formula is C24H25N3O4. The second-order valence-corrected chi connectivity index (χ2v) is 8.26. The molecule has 1 aliphatic carbocycles. The second-order valence-electron chi connectivity index (χ2n) is 8.26. The number of anilines is 1. The third-order valence-electron chi connectivity index (χ3n) is 6.30. The first kappa shape index (κ1) is 20.8. The van der Waals surface area contributed by atoms with Gasteiger partial charge in [-0.3, -0.25) is 19.3 Å². The number of nitrogens with zero attached hydrogens (tertiary/aromatic N) is 1. The van der Waals surface area contributed by atoms with Crippen LogP contribution in [0.1, 0.15) is 53.3 Å². The normalized spacial score (nSPS) is 23.0. The van der Waals surface area contributed by atoms with Crippen molar-refractivity contribution in [2.75, 3.05) is 11.9 Å². The predicted octanol–water partition coefficient (Wildman–Crippen LogP) is 3.62. The van der Waals surface area contributed by atoms with Crippen LogP contribution in [0, 0.1) is 5.92 Å². The third-order valence-corrected chi connectivity index (χ3v) is 6.30. The van der Waals surface area contributed by atoms with Crippen molar-refractivity contribution in [3.05, 3.63) is 65.7 Å². The van der Waals surface area contributed by atoms with E-state index in [-0.39, 0.29) is 30.1 Å². The fourth-order valence-corrected chi connectivity index (χ4v) is 4.41. The molecule has 31 heavy (non-hydrogen) atoms. The number of ketones is 1. The zero-order valence-electron chi connectivity index (χ0n) is 17.4. The Morgan fingerprint density at radius 1 is 1.03 bits per heavy atom. The Morgan fingerprint density at radius 3 is 2.42 bits per heavy atom. The van der Waals surface area contributed by atoms with Gasteiger partial charge >= 0.3 is 6.03 Å². The van der Waals surface area contributed by atoms with Crippen LogP contribution >= 0.6 is 0 Å². The number of hydrogen-bond acceptors (Lipinski definition) is 4. The molecule has 4 rings (SSSR count). The molecule has 1 saturated carbocycles. The van der Waals surface area contributed by atoms with Gasteiger partial charge in [0.2, 0.25) is 0 Å². The highest BCUT2D eigenvalue weighted by molar-refractivity contribution is 6.11. The lowest BCUT2D eigenvalue weighted by Gasteiger charge is -2.36. The molecule has 2 aliphatic rings. The Kier molecular flexibility index (Phi) is 5.59. The average molecular weight is 419 g/mol. The Bertz CT molecular complexity index is 1020. The first-order valence-electron chi connectivity index (χ1n) is 10.5. The van der Waals surface area contributed by atoms with Crippen LogP contribution in [0.2, 0.25) is 0 Å². The number of amides is 4. The van der Waals surface area contributed by atoms with Gasteiger partial charge in [-0.2, -0.15) is 0 Å². The number of Topliss-reactive ketones (excluding diaryl/α,β-unsaturated/α-hetero) is 1. The summed E-state index contributed by atoms with van der Waals surface area (Å²) < 4.78 is 0. The summed E-state index contributed by atoms with van der Waals surface area (Å²) in [5, 5.41) is 5.64. The van der Waals surface area contributed by atoms with Gasteiger partial charge in [-0.25, -0.2) is 4.79 Å². The summed E-state index contributed by atoms with van der Waals surface area (Å²) in [5.41, 5.74) is 0.583. The molecule has 2 fully saturated rings. The summed E-state index contributed by atoms with van der Waals surface area (Å²) in [6.07, 6.45) is 3.41. The van der Waals surface area contributed by atoms with Gasteiger partial charge in [0.15, 0.2) is 5.78 Å². The smallest absolute Gasteiger partial charge is 0.323 e. The SMILES string of the molecule is C[C@H]1CCCC[C@]12NC(=O)N(CC(=O)c1ccc(NC(=O)c3ccccc3)cc1)C2=O. The van der Waals surface area contributed by atoms with Crippen molar-refractivity contribution < 1.29 is 19.2 Å². The van der Waals surface area contributed by atoms with E-state index in [4.69, 9.17) is 0 Å². The molecule has 0 bridgehead atoms. The molecule has 2 atom stereocenters. The van der Waals surface area contributed by atoms with E-state index in [2.05, 4.69) is 10.6 Å². The zero-order chi connectivity index (χ0) is 22.0. The van der Waals surface area contributed by atoms with E-state index in [0.717, 1.165) is 24.2 Å². The van der Waals surface area contributed by atoms with Crippen LogP contribution < -0.4 is 10.6 Å². The standard InChI is InChI=1S/C24H25N3O4/c1-16-7-5-6-14-24(16)22(30)27(23(31)26-24)15-20(28)17-10-12-19(13-11-17)25-21(29)18-8-3-2-4-9-18/h2-4,8-13,16H,5-7,14-15H2,1H3,(H,25,29)(H,26,31)/t16-,24-/m0/s1. The van der Waals surface area contributed by atoms with Crippen LogP contribution in [0.15, 0.2) is 54.6 Å². The lowest BCUT2D eigenvalue weighted by molar-refractivity contribution is -0.133. The molecule has 0 unspecified atom stereocenters. The average Bonchev–Trinajstić information content (AvgIpc) is 3.01. The van der Waals surface area contributed by atoms with Crippen molar-refractivity contribution in [1.82, 2.24) is 10.2 Å². The van der Waals surface area contributed by atoms with Gasteiger partial charge in [0.1, 0.15) is 5.54 Å². The maximum Gasteiger partial charge on any atom is 0.325 e. The number of rotatable bonds is 5. The largest absolute Gasteiger partial charge is 0.325 e. The highest BCUT2D eigenvalue weighted by atomic mass is 16.2. The zero-order valence-corrected chi connectivity index (χ0v) is 17.4. The van der Waals surface area contributed by atoms with Gasteiger partial charge in [-0.1, -0.05) is 38.0 Å². The van der Waals surface area contributed by atoms with Crippen LogP contribution in [0.5, 0.6) is 0 Å². The van der Waals surface area contributed by atoms with Gasteiger partial charge in [0.25, 0.3) is 11.8 Å². The van der Waals surface area contributed by atoms with Crippen molar-refractivity contribution in [1.29, 1.82) is 0 Å². The van der Waals surface area contributed by atoms with Crippen molar-refractivity contribution in [3.8, 4) is 0 Å². The molecule has 7 nitrogen and oxygen atoms in total. The highest BCUT2D eigenvalue weighted by Gasteiger charge is 2.55. The van der Waals surface area contributed by atoms with Gasteiger partial charge in [0.05, 0.1) is 6.54 Å². The van der Waals surface area contributed by atoms with Crippen molar-refractivity contribution in [3.63, 3.8) is 0 Å². The topological polar surface area (TPSA) is 95.6 Å². The monoisotopic (exact) mass is 419 g/mol. The summed E-state index contributed by atoms with van der Waals surface area (Å²) in [4.78, 5) is 51.5. The Labute approximate surface area is 180 Å². The van der Waals surface area contributed by atoms with E-state index >= 15 is 0 Å². The molecule has 160 valence electrons. The Hall–Kier alpha value is -3.48. The molecule has 1 saturated heterocycles. The molecule has 7 heteroatoms. The molecular weight excluding hydrogens is 394 g/mol. The number of benzene rings is 2. The predicted molar refractivity (Wildman–Crippen MR) is 116 cm³/mol. The number of nitrogens with one attached hydrogen (secondary N) is 2. The Morgan fingerprint density at radius 2 is 1.74 bits per heavy atom. The number of carbonyl (C=O) groups excluding carboxylic acids is 4. The fraction of sp³-hybridized carbons (Fsp3) is 0.333. The quantitative estimate of drug-likeness (QED) is 0.572. The summed E-state index contributed by atoms with van der Waals surface area (Å²) in [6, 6.07) is 14.8. The molecule has 0 radical (unpaired) electrons. The number of urea groups is 1. The minimum atomic E-state index is -0.874. The van der Waals surface area contributed by atoms with E-state index in [1.165, 1.54) is 0 Å². The summed E-state index contributed by atoms with van der Waals surface area (Å²) in [5.74, 6) is -0.828. The van der Waals surface area contributed by atoms with Crippen LogP contribution in [-0.2, 0) is 4.79 Å². The van der Waals surface area contributed by atoms with Crippen molar-refractivity contribution in [2.24, 2.45) is 5.92 Å². The van der Waals surface area contributed by atoms with Crippen molar-refractivity contribution >= 4 is 29.3 Å².